The highest BCUT2D eigenvalue weighted by Crippen LogP contribution is 2.45. The number of hydrogen-bond acceptors (Lipinski definition) is 5. The second-order valence-corrected chi connectivity index (χ2v) is 6.86. The molecule has 29 heavy (non-hydrogen) atoms. The zero-order chi connectivity index (χ0) is 20.4. The highest BCUT2D eigenvalue weighted by molar-refractivity contribution is 5.84. The van der Waals surface area contributed by atoms with Crippen molar-refractivity contribution in [3.63, 3.8) is 0 Å². The third-order valence-corrected chi connectivity index (χ3v) is 5.11. The Kier molecular flexibility index (Phi) is 5.07. The molecule has 0 amide bonds. The monoisotopic (exact) mass is 389 g/mol. The lowest BCUT2D eigenvalue weighted by atomic mass is 9.89. The Morgan fingerprint density at radius 3 is 2.52 bits per heavy atom. The summed E-state index contributed by atoms with van der Waals surface area (Å²) in [4.78, 5) is 11.3. The van der Waals surface area contributed by atoms with E-state index in [-0.39, 0.29) is 6.10 Å². The first-order valence-electron chi connectivity index (χ1n) is 9.18. The lowest BCUT2D eigenvalue weighted by Crippen LogP contribution is -2.30. The van der Waals surface area contributed by atoms with Crippen molar-refractivity contribution in [3.8, 4) is 11.8 Å². The number of methoxy groups -OCH3 is 1. The molecule has 0 spiro atoms. The first-order valence-corrected chi connectivity index (χ1v) is 9.18. The summed E-state index contributed by atoms with van der Waals surface area (Å²) >= 11 is 0. The van der Waals surface area contributed by atoms with Crippen LogP contribution in [0, 0.1) is 11.3 Å². The molecule has 4 rings (SSSR count). The van der Waals surface area contributed by atoms with Crippen molar-refractivity contribution in [1.82, 2.24) is 0 Å². The van der Waals surface area contributed by atoms with Gasteiger partial charge in [-0.3, -0.25) is 0 Å². The van der Waals surface area contributed by atoms with Gasteiger partial charge in [-0.25, -0.2) is 4.79 Å². The van der Waals surface area contributed by atoms with E-state index < -0.39 is 24.3 Å². The van der Waals surface area contributed by atoms with Gasteiger partial charge in [-0.2, -0.15) is 5.26 Å². The van der Waals surface area contributed by atoms with Crippen LogP contribution in [0.1, 0.15) is 23.1 Å². The maximum Gasteiger partial charge on any atom is 0.506 e. The van der Waals surface area contributed by atoms with Crippen molar-refractivity contribution in [3.05, 3.63) is 77.9 Å². The molecule has 0 aromatic heterocycles. The Labute approximate surface area is 167 Å². The van der Waals surface area contributed by atoms with Gasteiger partial charge in [0.25, 0.3) is 0 Å². The number of hydrogen-bond donors (Lipinski definition) is 1. The van der Waals surface area contributed by atoms with Crippen molar-refractivity contribution in [2.75, 3.05) is 7.11 Å². The Morgan fingerprint density at radius 1 is 1.10 bits per heavy atom. The first kappa shape index (κ1) is 18.8. The minimum atomic E-state index is -1.43. The zero-order valence-corrected chi connectivity index (χ0v) is 15.7. The fourth-order valence-corrected chi connectivity index (χ4v) is 3.63. The predicted molar refractivity (Wildman–Crippen MR) is 106 cm³/mol. The Morgan fingerprint density at radius 2 is 1.83 bits per heavy atom. The predicted octanol–water partition coefficient (Wildman–Crippen LogP) is 4.66. The van der Waals surface area contributed by atoms with Crippen LogP contribution >= 0.6 is 0 Å². The Hall–Kier alpha value is -3.56. The van der Waals surface area contributed by atoms with E-state index in [2.05, 4.69) is 6.07 Å². The van der Waals surface area contributed by atoms with E-state index in [4.69, 9.17) is 14.2 Å². The van der Waals surface area contributed by atoms with E-state index in [1.54, 1.807) is 7.11 Å². The van der Waals surface area contributed by atoms with Gasteiger partial charge in [0.05, 0.1) is 13.2 Å². The van der Waals surface area contributed by atoms with Gasteiger partial charge in [-0.05, 0) is 40.1 Å². The summed E-state index contributed by atoms with van der Waals surface area (Å²) < 4.78 is 16.1. The number of nitriles is 1. The van der Waals surface area contributed by atoms with E-state index >= 15 is 0 Å². The molecule has 1 aliphatic rings. The summed E-state index contributed by atoms with van der Waals surface area (Å²) in [6.07, 6.45) is -3.16. The van der Waals surface area contributed by atoms with Crippen molar-refractivity contribution in [2.45, 2.75) is 24.2 Å². The van der Waals surface area contributed by atoms with E-state index in [1.165, 1.54) is 0 Å². The molecule has 3 aromatic rings. The SMILES string of the molecule is COc1ccc2cc(C(C#N)C(OC(=O)O)C3OC3c3ccccc3)ccc2c1. The quantitative estimate of drug-likeness (QED) is 0.487. The normalized spacial score (nSPS) is 19.7. The standard InChI is InChI=1S/C23H19NO5/c1-27-18-10-9-15-11-17(8-7-16(15)12-18)19(13-24)21(29-23(25)26)22-20(28-22)14-5-3-2-4-6-14/h2-12,19-22H,1H3,(H,25,26). The van der Waals surface area contributed by atoms with Crippen LogP contribution in [0.15, 0.2) is 66.7 Å². The van der Waals surface area contributed by atoms with Crippen LogP contribution in [0.2, 0.25) is 0 Å². The second-order valence-electron chi connectivity index (χ2n) is 6.86. The van der Waals surface area contributed by atoms with Crippen LogP contribution < -0.4 is 4.74 Å². The molecular formula is C23H19NO5. The number of epoxide rings is 1. The fourth-order valence-electron chi connectivity index (χ4n) is 3.63. The number of fused-ring (bicyclic) bond motifs is 1. The molecule has 1 saturated heterocycles. The summed E-state index contributed by atoms with van der Waals surface area (Å²) in [7, 11) is 1.61. The van der Waals surface area contributed by atoms with Crippen LogP contribution in [0.25, 0.3) is 10.8 Å². The van der Waals surface area contributed by atoms with E-state index in [1.807, 2.05) is 66.7 Å². The number of benzene rings is 3. The van der Waals surface area contributed by atoms with Gasteiger partial charge < -0.3 is 19.3 Å². The second kappa shape index (κ2) is 7.82. The number of rotatable bonds is 6. The molecule has 0 bridgehead atoms. The molecule has 6 nitrogen and oxygen atoms in total. The van der Waals surface area contributed by atoms with E-state index in [0.29, 0.717) is 5.56 Å². The van der Waals surface area contributed by atoms with Crippen molar-refractivity contribution >= 4 is 16.9 Å². The van der Waals surface area contributed by atoms with E-state index in [9.17, 15) is 15.2 Å². The molecule has 3 aromatic carbocycles. The van der Waals surface area contributed by atoms with Crippen molar-refractivity contribution in [2.24, 2.45) is 0 Å². The third-order valence-electron chi connectivity index (χ3n) is 5.11. The Balaban J connectivity index is 1.65. The summed E-state index contributed by atoms with van der Waals surface area (Å²) in [5.41, 5.74) is 1.61. The summed E-state index contributed by atoms with van der Waals surface area (Å²) in [5, 5.41) is 21.0. The van der Waals surface area contributed by atoms with Gasteiger partial charge >= 0.3 is 6.16 Å². The first-order chi connectivity index (χ1) is 14.1. The molecule has 0 radical (unpaired) electrons. The molecular weight excluding hydrogens is 370 g/mol. The maximum absolute atomic E-state index is 11.3. The number of carbonyl (C=O) groups is 1. The average molecular weight is 389 g/mol. The van der Waals surface area contributed by atoms with E-state index in [0.717, 1.165) is 22.1 Å². The highest BCUT2D eigenvalue weighted by atomic mass is 16.7. The number of carboxylic acid groups (broad SMARTS) is 1. The molecule has 1 N–H and O–H groups in total. The largest absolute Gasteiger partial charge is 0.506 e. The maximum atomic E-state index is 11.3. The molecule has 0 saturated carbocycles. The fraction of sp³-hybridized carbons (Fsp3) is 0.217. The van der Waals surface area contributed by atoms with Gasteiger partial charge in [-0.15, -0.1) is 0 Å². The van der Waals surface area contributed by atoms with Crippen LogP contribution in [-0.2, 0) is 9.47 Å². The molecule has 4 atom stereocenters. The van der Waals surface area contributed by atoms with Gasteiger partial charge in [0.2, 0.25) is 0 Å². The summed E-state index contributed by atoms with van der Waals surface area (Å²) in [5.74, 6) is -0.0532. The molecule has 146 valence electrons. The minimum absolute atomic E-state index is 0.291. The smallest absolute Gasteiger partial charge is 0.497 e. The minimum Gasteiger partial charge on any atom is -0.497 e. The number of nitrogens with zero attached hydrogens (tertiary/aromatic N) is 1. The van der Waals surface area contributed by atoms with Crippen LogP contribution in [-0.4, -0.2) is 30.6 Å². The topological polar surface area (TPSA) is 92.1 Å². The number of ether oxygens (including phenoxy) is 3. The third kappa shape index (κ3) is 3.86. The van der Waals surface area contributed by atoms with Gasteiger partial charge in [0, 0.05) is 0 Å². The van der Waals surface area contributed by atoms with Crippen molar-refractivity contribution in [1.29, 1.82) is 5.26 Å². The van der Waals surface area contributed by atoms with Crippen LogP contribution in [0.5, 0.6) is 5.75 Å². The molecule has 1 heterocycles. The molecule has 6 heteroatoms. The highest BCUT2D eigenvalue weighted by Gasteiger charge is 2.51. The molecule has 1 fully saturated rings. The molecule has 4 unspecified atom stereocenters. The Bertz CT molecular complexity index is 1080. The summed E-state index contributed by atoms with van der Waals surface area (Å²) in [6, 6.07) is 22.9. The van der Waals surface area contributed by atoms with Gasteiger partial charge in [0.1, 0.15) is 23.9 Å². The molecule has 0 aliphatic carbocycles. The van der Waals surface area contributed by atoms with Crippen LogP contribution in [0.3, 0.4) is 0 Å². The van der Waals surface area contributed by atoms with Gasteiger partial charge in [0.15, 0.2) is 6.10 Å². The lowest BCUT2D eigenvalue weighted by molar-refractivity contribution is 0.0336. The average Bonchev–Trinajstić information content (AvgIpc) is 3.54. The lowest BCUT2D eigenvalue weighted by Gasteiger charge is -2.20. The molecule has 1 aliphatic heterocycles. The van der Waals surface area contributed by atoms with Crippen molar-refractivity contribution < 1.29 is 24.1 Å². The van der Waals surface area contributed by atoms with Crippen LogP contribution in [0.4, 0.5) is 4.79 Å². The summed E-state index contributed by atoms with van der Waals surface area (Å²) in [6.45, 7) is 0. The zero-order valence-electron chi connectivity index (χ0n) is 15.7. The van der Waals surface area contributed by atoms with Gasteiger partial charge in [-0.1, -0.05) is 48.5 Å².